The van der Waals surface area contributed by atoms with Crippen LogP contribution in [0.1, 0.15) is 68.2 Å². The lowest BCUT2D eigenvalue weighted by molar-refractivity contribution is 0.636. The fraction of sp³-hybridized carbons (Fsp3) is 0.273. The molecule has 0 saturated heterocycles. The highest BCUT2D eigenvalue weighted by molar-refractivity contribution is 5.89. The van der Waals surface area contributed by atoms with Crippen LogP contribution in [0.15, 0.2) is 78.9 Å². The zero-order chi connectivity index (χ0) is 23.8. The molecule has 0 heterocycles. The third-order valence-electron chi connectivity index (χ3n) is 6.39. The van der Waals surface area contributed by atoms with Crippen molar-refractivity contribution in [2.24, 2.45) is 0 Å². The third-order valence-corrected chi connectivity index (χ3v) is 6.39. The zero-order valence-corrected chi connectivity index (χ0v) is 20.3. The molecule has 4 aromatic rings. The molecule has 0 amide bonds. The van der Waals surface area contributed by atoms with E-state index in [0.29, 0.717) is 10.9 Å². The van der Waals surface area contributed by atoms with Gasteiger partial charge in [-0.2, -0.15) is 0 Å². The topological polar surface area (TPSA) is 0 Å². The summed E-state index contributed by atoms with van der Waals surface area (Å²) < 4.78 is 15.2. The first-order valence-electron chi connectivity index (χ1n) is 12.6. The van der Waals surface area contributed by atoms with E-state index in [2.05, 4.69) is 68.2 Å². The zero-order valence-electron chi connectivity index (χ0n) is 20.3. The largest absolute Gasteiger partial charge is 0.205 e. The number of benzene rings is 4. The number of hydrogen-bond donors (Lipinski definition) is 0. The van der Waals surface area contributed by atoms with Crippen molar-refractivity contribution >= 4 is 10.8 Å². The van der Waals surface area contributed by atoms with E-state index in [0.717, 1.165) is 41.3 Å². The van der Waals surface area contributed by atoms with Gasteiger partial charge in [-0.1, -0.05) is 106 Å². The second kappa shape index (κ2) is 11.7. The minimum atomic E-state index is -0.248. The van der Waals surface area contributed by atoms with Crippen LogP contribution in [0.3, 0.4) is 0 Å². The van der Waals surface area contributed by atoms with Crippen LogP contribution in [0.2, 0.25) is 0 Å². The smallest absolute Gasteiger partial charge is 0.146 e. The lowest BCUT2D eigenvalue weighted by Gasteiger charge is -2.07. The molecular formula is C33H33F. The maximum Gasteiger partial charge on any atom is 0.146 e. The molecule has 0 atom stereocenters. The second-order valence-corrected chi connectivity index (χ2v) is 9.07. The quantitative estimate of drug-likeness (QED) is 0.186. The SMILES string of the molecule is CCCCCCc1ccc(C#Cc2ccc3cc(-c4ccc(CCC)cc4)ccc3c2F)cc1. The number of halogens is 1. The summed E-state index contributed by atoms with van der Waals surface area (Å²) in [6.45, 7) is 4.42. The van der Waals surface area contributed by atoms with Gasteiger partial charge in [0, 0.05) is 10.9 Å². The summed E-state index contributed by atoms with van der Waals surface area (Å²) >= 11 is 0. The molecule has 172 valence electrons. The van der Waals surface area contributed by atoms with Gasteiger partial charge in [-0.15, -0.1) is 0 Å². The monoisotopic (exact) mass is 448 g/mol. The minimum Gasteiger partial charge on any atom is -0.205 e. The van der Waals surface area contributed by atoms with Crippen LogP contribution in [-0.4, -0.2) is 0 Å². The van der Waals surface area contributed by atoms with Gasteiger partial charge in [-0.05, 0) is 71.2 Å². The van der Waals surface area contributed by atoms with Crippen LogP contribution in [0.4, 0.5) is 4.39 Å². The molecule has 0 aromatic heterocycles. The van der Waals surface area contributed by atoms with Gasteiger partial charge in [-0.3, -0.25) is 0 Å². The average Bonchev–Trinajstić information content (AvgIpc) is 2.87. The van der Waals surface area contributed by atoms with Crippen molar-refractivity contribution in [3.05, 3.63) is 107 Å². The summed E-state index contributed by atoms with van der Waals surface area (Å²) in [4.78, 5) is 0. The molecule has 0 N–H and O–H groups in total. The van der Waals surface area contributed by atoms with Gasteiger partial charge in [0.25, 0.3) is 0 Å². The standard InChI is InChI=1S/C33H33F/c1-3-5-6-7-9-26-10-12-27(13-11-26)16-19-29-20-21-31-24-30(22-23-32(31)33(29)34)28-17-14-25(8-4-2)15-18-28/h10-15,17-18,20-24H,3-9H2,1-2H3. The molecule has 0 aliphatic heterocycles. The first kappa shape index (κ1) is 23.8. The van der Waals surface area contributed by atoms with Crippen LogP contribution in [0.25, 0.3) is 21.9 Å². The highest BCUT2D eigenvalue weighted by Gasteiger charge is 2.08. The van der Waals surface area contributed by atoms with Gasteiger partial charge in [0.05, 0.1) is 5.56 Å². The molecule has 0 fully saturated rings. The molecule has 0 radical (unpaired) electrons. The molecule has 0 unspecified atom stereocenters. The first-order valence-corrected chi connectivity index (χ1v) is 12.6. The summed E-state index contributed by atoms with van der Waals surface area (Å²) in [5.41, 5.74) is 6.30. The Labute approximate surface area is 203 Å². The van der Waals surface area contributed by atoms with Gasteiger partial charge in [0.2, 0.25) is 0 Å². The Bertz CT molecular complexity index is 1280. The Kier molecular flexibility index (Phi) is 8.16. The first-order chi connectivity index (χ1) is 16.7. The average molecular weight is 449 g/mol. The molecule has 0 spiro atoms. The Morgan fingerprint density at radius 3 is 2.06 bits per heavy atom. The molecule has 1 heteroatoms. The summed E-state index contributed by atoms with van der Waals surface area (Å²) in [5, 5.41) is 1.51. The van der Waals surface area contributed by atoms with E-state index in [1.165, 1.54) is 36.8 Å². The number of hydrogen-bond acceptors (Lipinski definition) is 0. The van der Waals surface area contributed by atoms with Gasteiger partial charge in [0.1, 0.15) is 5.82 Å². The fourth-order valence-electron chi connectivity index (χ4n) is 4.37. The molecular weight excluding hydrogens is 415 g/mol. The van der Waals surface area contributed by atoms with E-state index < -0.39 is 0 Å². The summed E-state index contributed by atoms with van der Waals surface area (Å²) in [5.74, 6) is 5.93. The lowest BCUT2D eigenvalue weighted by Crippen LogP contribution is -1.89. The molecule has 4 aromatic carbocycles. The van der Waals surface area contributed by atoms with Crippen molar-refractivity contribution in [1.82, 2.24) is 0 Å². The Morgan fingerprint density at radius 2 is 1.32 bits per heavy atom. The molecule has 0 nitrogen and oxygen atoms in total. The van der Waals surface area contributed by atoms with E-state index in [1.54, 1.807) is 6.07 Å². The van der Waals surface area contributed by atoms with Crippen LogP contribution in [0.5, 0.6) is 0 Å². The number of unbranched alkanes of at least 4 members (excludes halogenated alkanes) is 3. The van der Waals surface area contributed by atoms with Gasteiger partial charge < -0.3 is 0 Å². The molecule has 0 aliphatic rings. The maximum atomic E-state index is 15.2. The number of aryl methyl sites for hydroxylation is 2. The molecule has 0 saturated carbocycles. The summed E-state index contributed by atoms with van der Waals surface area (Å²) in [6.07, 6.45) is 8.42. The van der Waals surface area contributed by atoms with Crippen molar-refractivity contribution in [1.29, 1.82) is 0 Å². The number of rotatable bonds is 8. The fourth-order valence-corrected chi connectivity index (χ4v) is 4.37. The van der Waals surface area contributed by atoms with Crippen molar-refractivity contribution in [3.63, 3.8) is 0 Å². The van der Waals surface area contributed by atoms with Crippen molar-refractivity contribution in [3.8, 4) is 23.0 Å². The highest BCUT2D eigenvalue weighted by Crippen LogP contribution is 2.28. The maximum absolute atomic E-state index is 15.2. The number of fused-ring (bicyclic) bond motifs is 1. The van der Waals surface area contributed by atoms with Crippen molar-refractivity contribution < 1.29 is 4.39 Å². The predicted molar refractivity (Wildman–Crippen MR) is 144 cm³/mol. The van der Waals surface area contributed by atoms with Crippen LogP contribution >= 0.6 is 0 Å². The summed E-state index contributed by atoms with van der Waals surface area (Å²) in [7, 11) is 0. The van der Waals surface area contributed by atoms with Gasteiger partial charge in [-0.25, -0.2) is 4.39 Å². The molecule has 0 bridgehead atoms. The van der Waals surface area contributed by atoms with Gasteiger partial charge >= 0.3 is 0 Å². The van der Waals surface area contributed by atoms with Crippen molar-refractivity contribution in [2.75, 3.05) is 0 Å². The van der Waals surface area contributed by atoms with E-state index in [-0.39, 0.29) is 5.82 Å². The molecule has 0 aliphatic carbocycles. The lowest BCUT2D eigenvalue weighted by atomic mass is 9.98. The Morgan fingerprint density at radius 1 is 0.618 bits per heavy atom. The van der Waals surface area contributed by atoms with E-state index in [1.807, 2.05) is 30.3 Å². The van der Waals surface area contributed by atoms with Gasteiger partial charge in [0.15, 0.2) is 0 Å². The molecule has 34 heavy (non-hydrogen) atoms. The summed E-state index contributed by atoms with van der Waals surface area (Å²) in [6, 6.07) is 26.7. The Balaban J connectivity index is 1.50. The van der Waals surface area contributed by atoms with Crippen LogP contribution in [-0.2, 0) is 12.8 Å². The highest BCUT2D eigenvalue weighted by atomic mass is 19.1. The van der Waals surface area contributed by atoms with E-state index in [9.17, 15) is 0 Å². The minimum absolute atomic E-state index is 0.248. The normalized spacial score (nSPS) is 10.8. The van der Waals surface area contributed by atoms with Crippen molar-refractivity contribution in [2.45, 2.75) is 58.8 Å². The third kappa shape index (κ3) is 5.95. The molecule has 4 rings (SSSR count). The Hall–Kier alpha value is -3.37. The van der Waals surface area contributed by atoms with Crippen LogP contribution in [0, 0.1) is 17.7 Å². The second-order valence-electron chi connectivity index (χ2n) is 9.07. The van der Waals surface area contributed by atoms with E-state index in [4.69, 9.17) is 0 Å². The van der Waals surface area contributed by atoms with E-state index >= 15 is 4.39 Å². The van der Waals surface area contributed by atoms with Crippen LogP contribution < -0.4 is 0 Å². The predicted octanol–water partition coefficient (Wildman–Crippen LogP) is 9.12.